The number of thioether (sulfide) groups is 1. The normalized spacial score (nSPS) is 12.9. The van der Waals surface area contributed by atoms with Gasteiger partial charge in [0.1, 0.15) is 0 Å². The van der Waals surface area contributed by atoms with Crippen molar-refractivity contribution in [3.05, 3.63) is 35.4 Å². The van der Waals surface area contributed by atoms with Crippen molar-refractivity contribution in [1.82, 2.24) is 0 Å². The van der Waals surface area contributed by atoms with Crippen LogP contribution in [0.15, 0.2) is 24.3 Å². The van der Waals surface area contributed by atoms with Gasteiger partial charge in [-0.3, -0.25) is 0 Å². The highest BCUT2D eigenvalue weighted by atomic mass is 32.2. The molecule has 94 valence electrons. The molecule has 5 heteroatoms. The summed E-state index contributed by atoms with van der Waals surface area (Å²) in [4.78, 5) is 0.774. The van der Waals surface area contributed by atoms with Crippen LogP contribution in [0.5, 0.6) is 0 Å². The minimum atomic E-state index is -4.34. The van der Waals surface area contributed by atoms with Crippen molar-refractivity contribution in [2.75, 3.05) is 12.0 Å². The fourth-order valence-electron chi connectivity index (χ4n) is 1.43. The molecule has 0 bridgehead atoms. The van der Waals surface area contributed by atoms with E-state index in [2.05, 4.69) is 0 Å². The molecule has 1 nitrogen and oxygen atoms in total. The summed E-state index contributed by atoms with van der Waals surface area (Å²) in [5.74, 6) is 0. The smallest absolute Gasteiger partial charge is 0.398 e. The molecule has 1 aromatic rings. The highest BCUT2D eigenvalue weighted by Crippen LogP contribution is 2.36. The maximum absolute atomic E-state index is 12.6. The Bertz CT molecular complexity index is 424. The summed E-state index contributed by atoms with van der Waals surface area (Å²) >= 11 is 1.39. The number of alkyl halides is 3. The zero-order chi connectivity index (χ0) is 13.1. The van der Waals surface area contributed by atoms with Gasteiger partial charge in [-0.15, -0.1) is 11.8 Å². The zero-order valence-electron chi connectivity index (χ0n) is 9.64. The van der Waals surface area contributed by atoms with Crippen molar-refractivity contribution in [2.45, 2.75) is 19.5 Å². The minimum Gasteiger partial charge on any atom is -0.398 e. The Balaban J connectivity index is 3.28. The molecule has 0 aromatic heterocycles. The molecule has 0 amide bonds. The van der Waals surface area contributed by atoms with E-state index in [1.54, 1.807) is 0 Å². The predicted octanol–water partition coefficient (Wildman–Crippen LogP) is 4.40. The van der Waals surface area contributed by atoms with Crippen LogP contribution in [0, 0.1) is 0 Å². The molecule has 1 aromatic carbocycles. The van der Waals surface area contributed by atoms with Crippen LogP contribution in [0.1, 0.15) is 24.5 Å². The van der Waals surface area contributed by atoms with E-state index in [0.717, 1.165) is 23.5 Å². The fourth-order valence-corrected chi connectivity index (χ4v) is 2.16. The SMILES string of the molecule is CC/C=C(\SC)c1cc(C(F)(F)F)ccc1N. The van der Waals surface area contributed by atoms with E-state index in [9.17, 15) is 13.2 Å². The van der Waals surface area contributed by atoms with E-state index in [4.69, 9.17) is 5.73 Å². The molecule has 1 rings (SSSR count). The average Bonchev–Trinajstić information content (AvgIpc) is 2.25. The third kappa shape index (κ3) is 3.43. The zero-order valence-corrected chi connectivity index (χ0v) is 10.5. The Morgan fingerprint density at radius 2 is 2.06 bits per heavy atom. The Labute approximate surface area is 103 Å². The third-order valence-corrected chi connectivity index (χ3v) is 3.08. The van der Waals surface area contributed by atoms with E-state index in [1.807, 2.05) is 19.3 Å². The molecule has 0 spiro atoms. The summed E-state index contributed by atoms with van der Waals surface area (Å²) in [5.41, 5.74) is 5.87. The molecule has 0 atom stereocenters. The van der Waals surface area contributed by atoms with Gasteiger partial charge in [0.05, 0.1) is 5.56 Å². The first-order chi connectivity index (χ1) is 7.90. The molecule has 0 fully saturated rings. The number of benzene rings is 1. The van der Waals surface area contributed by atoms with Gasteiger partial charge in [-0.25, -0.2) is 0 Å². The Kier molecular flexibility index (Phi) is 4.51. The molecule has 0 saturated carbocycles. The molecular weight excluding hydrogens is 247 g/mol. The Morgan fingerprint density at radius 1 is 1.41 bits per heavy atom. The number of nitrogens with two attached hydrogens (primary N) is 1. The lowest BCUT2D eigenvalue weighted by Gasteiger charge is -2.12. The average molecular weight is 261 g/mol. The number of hydrogen-bond donors (Lipinski definition) is 1. The molecule has 0 aliphatic heterocycles. The maximum atomic E-state index is 12.6. The van der Waals surface area contributed by atoms with Gasteiger partial charge in [0, 0.05) is 16.2 Å². The van der Waals surface area contributed by atoms with Gasteiger partial charge in [-0.05, 0) is 30.9 Å². The van der Waals surface area contributed by atoms with Gasteiger partial charge in [0.2, 0.25) is 0 Å². The van der Waals surface area contributed by atoms with E-state index in [1.165, 1.54) is 17.8 Å². The summed E-state index contributed by atoms with van der Waals surface area (Å²) in [5, 5.41) is 0. The monoisotopic (exact) mass is 261 g/mol. The summed E-state index contributed by atoms with van der Waals surface area (Å²) in [6.07, 6.45) is 0.113. The molecule has 0 radical (unpaired) electrons. The van der Waals surface area contributed by atoms with Crippen LogP contribution < -0.4 is 5.73 Å². The highest BCUT2D eigenvalue weighted by Gasteiger charge is 2.31. The Hall–Kier alpha value is -1.10. The molecule has 0 heterocycles. The fraction of sp³-hybridized carbons (Fsp3) is 0.333. The van der Waals surface area contributed by atoms with Crippen molar-refractivity contribution in [3.8, 4) is 0 Å². The van der Waals surface area contributed by atoms with E-state index < -0.39 is 11.7 Å². The lowest BCUT2D eigenvalue weighted by Crippen LogP contribution is -2.06. The first-order valence-electron chi connectivity index (χ1n) is 5.11. The van der Waals surface area contributed by atoms with Crippen LogP contribution in [-0.4, -0.2) is 6.26 Å². The largest absolute Gasteiger partial charge is 0.416 e. The quantitative estimate of drug-likeness (QED) is 0.816. The first-order valence-corrected chi connectivity index (χ1v) is 6.33. The summed E-state index contributed by atoms with van der Waals surface area (Å²) in [6, 6.07) is 3.41. The topological polar surface area (TPSA) is 26.0 Å². The maximum Gasteiger partial charge on any atom is 0.416 e. The number of allylic oxidation sites excluding steroid dienone is 1. The highest BCUT2D eigenvalue weighted by molar-refractivity contribution is 8.07. The lowest BCUT2D eigenvalue weighted by atomic mass is 10.1. The van der Waals surface area contributed by atoms with Crippen LogP contribution in [0.4, 0.5) is 18.9 Å². The molecule has 0 unspecified atom stereocenters. The predicted molar refractivity (Wildman–Crippen MR) is 67.6 cm³/mol. The lowest BCUT2D eigenvalue weighted by molar-refractivity contribution is -0.137. The van der Waals surface area contributed by atoms with Crippen molar-refractivity contribution in [1.29, 1.82) is 0 Å². The molecule has 17 heavy (non-hydrogen) atoms. The molecule has 0 aliphatic carbocycles. The number of halogens is 3. The van der Waals surface area contributed by atoms with Gasteiger partial charge < -0.3 is 5.73 Å². The number of anilines is 1. The van der Waals surface area contributed by atoms with Crippen molar-refractivity contribution < 1.29 is 13.2 Å². The van der Waals surface area contributed by atoms with Crippen LogP contribution in [0.3, 0.4) is 0 Å². The minimum absolute atomic E-state index is 0.368. The van der Waals surface area contributed by atoms with Crippen LogP contribution in [-0.2, 0) is 6.18 Å². The van der Waals surface area contributed by atoms with Gasteiger partial charge in [0.15, 0.2) is 0 Å². The second kappa shape index (κ2) is 5.49. The standard InChI is InChI=1S/C12H14F3NS/c1-3-4-11(17-2)9-7-8(12(13,14)15)5-6-10(9)16/h4-7H,3,16H2,1-2H3/b11-4-. The first kappa shape index (κ1) is 14.0. The van der Waals surface area contributed by atoms with E-state index in [-0.39, 0.29) is 0 Å². The Morgan fingerprint density at radius 3 is 2.53 bits per heavy atom. The van der Waals surface area contributed by atoms with Crippen molar-refractivity contribution in [2.24, 2.45) is 0 Å². The molecule has 2 N–H and O–H groups in total. The van der Waals surface area contributed by atoms with E-state index in [0.29, 0.717) is 11.3 Å². The third-order valence-electron chi connectivity index (χ3n) is 2.26. The van der Waals surface area contributed by atoms with Crippen LogP contribution >= 0.6 is 11.8 Å². The van der Waals surface area contributed by atoms with Crippen molar-refractivity contribution >= 4 is 22.4 Å². The van der Waals surface area contributed by atoms with Gasteiger partial charge in [-0.2, -0.15) is 13.2 Å². The summed E-state index contributed by atoms with van der Waals surface area (Å²) in [7, 11) is 0. The van der Waals surface area contributed by atoms with Gasteiger partial charge in [-0.1, -0.05) is 13.0 Å². The molecule has 0 saturated heterocycles. The van der Waals surface area contributed by atoms with Crippen LogP contribution in [0.2, 0.25) is 0 Å². The molecule has 0 aliphatic rings. The van der Waals surface area contributed by atoms with Gasteiger partial charge >= 0.3 is 6.18 Å². The summed E-state index contributed by atoms with van der Waals surface area (Å²) < 4.78 is 37.8. The molecular formula is C12H14F3NS. The van der Waals surface area contributed by atoms with E-state index >= 15 is 0 Å². The van der Waals surface area contributed by atoms with Gasteiger partial charge in [0.25, 0.3) is 0 Å². The van der Waals surface area contributed by atoms with Crippen LogP contribution in [0.25, 0.3) is 4.91 Å². The number of nitrogen functional groups attached to an aromatic ring is 1. The number of hydrogen-bond acceptors (Lipinski definition) is 2. The summed E-state index contributed by atoms with van der Waals surface area (Å²) in [6.45, 7) is 1.93. The second-order valence-electron chi connectivity index (χ2n) is 3.48. The van der Waals surface area contributed by atoms with Crippen molar-refractivity contribution in [3.63, 3.8) is 0 Å². The number of rotatable bonds is 3. The second-order valence-corrected chi connectivity index (χ2v) is 4.33.